The van der Waals surface area contributed by atoms with Gasteiger partial charge in [0.25, 0.3) is 0 Å². The lowest BCUT2D eigenvalue weighted by Crippen LogP contribution is -2.38. The number of nitrogens with one attached hydrogen (secondary N) is 2. The lowest BCUT2D eigenvalue weighted by Gasteiger charge is -2.11. The van der Waals surface area contributed by atoms with Gasteiger partial charge in [-0.15, -0.1) is 0 Å². The first-order valence-electron chi connectivity index (χ1n) is 7.92. The van der Waals surface area contributed by atoms with Crippen molar-refractivity contribution in [1.29, 1.82) is 0 Å². The predicted molar refractivity (Wildman–Crippen MR) is 93.0 cm³/mol. The number of ether oxygens (including phenoxy) is 1. The third kappa shape index (κ3) is 6.09. The molecule has 0 unspecified atom stereocenters. The average Bonchev–Trinajstić information content (AvgIpc) is 2.93. The summed E-state index contributed by atoms with van der Waals surface area (Å²) in [6, 6.07) is 6.31. The van der Waals surface area contributed by atoms with Gasteiger partial charge in [0.05, 0.1) is 18.9 Å². The number of nitrogens with zero attached hydrogens (tertiary/aromatic N) is 1. The number of benzene rings is 1. The summed E-state index contributed by atoms with van der Waals surface area (Å²) in [5.74, 6) is 1.71. The standard InChI is InChI=1S/C16H25N3O3S/c1-3-17-16(19-9-11-23(2,20)21)18-8-6-13-4-5-15-14(12-13)7-10-22-15/h4-5,12H,3,6-11H2,1-2H3,(H2,17,18,19). The van der Waals surface area contributed by atoms with Crippen molar-refractivity contribution in [3.8, 4) is 5.75 Å². The van der Waals surface area contributed by atoms with Crippen LogP contribution in [0, 0.1) is 0 Å². The van der Waals surface area contributed by atoms with Crippen molar-refractivity contribution in [2.45, 2.75) is 19.8 Å². The van der Waals surface area contributed by atoms with Gasteiger partial charge in [0.1, 0.15) is 15.6 Å². The highest BCUT2D eigenvalue weighted by atomic mass is 32.2. The molecule has 0 saturated heterocycles. The Bertz CT molecular complexity index is 657. The number of guanidine groups is 1. The molecule has 0 aromatic heterocycles. The quantitative estimate of drug-likeness (QED) is 0.566. The highest BCUT2D eigenvalue weighted by Gasteiger charge is 2.11. The Morgan fingerprint density at radius 3 is 2.91 bits per heavy atom. The second-order valence-corrected chi connectivity index (χ2v) is 7.87. The molecule has 23 heavy (non-hydrogen) atoms. The molecule has 6 nitrogen and oxygen atoms in total. The molecule has 0 fully saturated rings. The number of fused-ring (bicyclic) bond motifs is 1. The SMILES string of the molecule is CCNC(=NCCS(C)(=O)=O)NCCc1ccc2c(c1)CCO2. The van der Waals surface area contributed by atoms with Crippen molar-refractivity contribution in [2.24, 2.45) is 4.99 Å². The molecule has 0 saturated carbocycles. The van der Waals surface area contributed by atoms with Crippen LogP contribution in [0.5, 0.6) is 5.75 Å². The van der Waals surface area contributed by atoms with E-state index in [4.69, 9.17) is 4.74 Å². The van der Waals surface area contributed by atoms with Gasteiger partial charge in [-0.3, -0.25) is 4.99 Å². The van der Waals surface area contributed by atoms with E-state index in [0.29, 0.717) is 5.96 Å². The fourth-order valence-corrected chi connectivity index (χ4v) is 2.81. The van der Waals surface area contributed by atoms with E-state index >= 15 is 0 Å². The second-order valence-electron chi connectivity index (χ2n) is 5.61. The van der Waals surface area contributed by atoms with Crippen LogP contribution in [0.15, 0.2) is 23.2 Å². The highest BCUT2D eigenvalue weighted by Crippen LogP contribution is 2.25. The molecule has 128 valence electrons. The van der Waals surface area contributed by atoms with Crippen LogP contribution in [-0.4, -0.2) is 52.6 Å². The molecule has 2 rings (SSSR count). The Kier molecular flexibility index (Phi) is 6.27. The molecule has 2 N–H and O–H groups in total. The minimum atomic E-state index is -2.98. The van der Waals surface area contributed by atoms with E-state index in [0.717, 1.165) is 38.3 Å². The summed E-state index contributed by atoms with van der Waals surface area (Å²) in [5.41, 5.74) is 2.53. The first-order chi connectivity index (χ1) is 11.0. The van der Waals surface area contributed by atoms with E-state index in [1.807, 2.05) is 13.0 Å². The first kappa shape index (κ1) is 17.6. The molecule has 0 spiro atoms. The van der Waals surface area contributed by atoms with Crippen LogP contribution in [0.3, 0.4) is 0 Å². The molecule has 1 aromatic rings. The number of hydrogen-bond donors (Lipinski definition) is 2. The van der Waals surface area contributed by atoms with Gasteiger partial charge in [-0.05, 0) is 30.5 Å². The lowest BCUT2D eigenvalue weighted by molar-refractivity contribution is 0.357. The van der Waals surface area contributed by atoms with Crippen LogP contribution in [0.2, 0.25) is 0 Å². The van der Waals surface area contributed by atoms with Gasteiger partial charge in [-0.2, -0.15) is 0 Å². The van der Waals surface area contributed by atoms with Crippen LogP contribution in [-0.2, 0) is 22.7 Å². The largest absolute Gasteiger partial charge is 0.493 e. The number of rotatable bonds is 7. The van der Waals surface area contributed by atoms with Gasteiger partial charge in [-0.25, -0.2) is 8.42 Å². The molecule has 0 bridgehead atoms. The van der Waals surface area contributed by atoms with E-state index in [1.54, 1.807) is 0 Å². The summed E-state index contributed by atoms with van der Waals surface area (Å²) in [6.45, 7) is 4.50. The molecule has 0 radical (unpaired) electrons. The first-order valence-corrected chi connectivity index (χ1v) is 9.98. The molecule has 0 amide bonds. The van der Waals surface area contributed by atoms with Crippen molar-refractivity contribution >= 4 is 15.8 Å². The third-order valence-corrected chi connectivity index (χ3v) is 4.46. The normalized spacial score (nSPS) is 14.3. The summed E-state index contributed by atoms with van der Waals surface area (Å²) >= 11 is 0. The zero-order valence-electron chi connectivity index (χ0n) is 13.8. The van der Waals surface area contributed by atoms with Gasteiger partial charge >= 0.3 is 0 Å². The lowest BCUT2D eigenvalue weighted by atomic mass is 10.1. The van der Waals surface area contributed by atoms with Crippen LogP contribution in [0.1, 0.15) is 18.1 Å². The molecular weight excluding hydrogens is 314 g/mol. The van der Waals surface area contributed by atoms with Crippen molar-refractivity contribution in [2.75, 3.05) is 38.2 Å². The predicted octanol–water partition coefficient (Wildman–Crippen LogP) is 0.764. The summed E-state index contributed by atoms with van der Waals surface area (Å²) in [7, 11) is -2.98. The van der Waals surface area contributed by atoms with Crippen molar-refractivity contribution in [1.82, 2.24) is 10.6 Å². The summed E-state index contributed by atoms with van der Waals surface area (Å²) < 4.78 is 27.8. The zero-order valence-corrected chi connectivity index (χ0v) is 14.6. The molecule has 1 aliphatic rings. The van der Waals surface area contributed by atoms with Gasteiger partial charge in [0, 0.05) is 25.8 Å². The van der Waals surface area contributed by atoms with Gasteiger partial charge in [0.2, 0.25) is 0 Å². The highest BCUT2D eigenvalue weighted by molar-refractivity contribution is 7.90. The van der Waals surface area contributed by atoms with Crippen molar-refractivity contribution in [3.05, 3.63) is 29.3 Å². The number of aliphatic imine (C=N–C) groups is 1. The number of hydrogen-bond acceptors (Lipinski definition) is 4. The minimum absolute atomic E-state index is 0.0639. The van der Waals surface area contributed by atoms with Crippen molar-refractivity contribution in [3.63, 3.8) is 0 Å². The maximum absolute atomic E-state index is 11.1. The van der Waals surface area contributed by atoms with Gasteiger partial charge in [-0.1, -0.05) is 12.1 Å². The topological polar surface area (TPSA) is 79.8 Å². The summed E-state index contributed by atoms with van der Waals surface area (Å²) in [4.78, 5) is 4.28. The average molecular weight is 339 g/mol. The molecule has 0 aliphatic carbocycles. The molecule has 1 heterocycles. The third-order valence-electron chi connectivity index (χ3n) is 3.54. The Morgan fingerprint density at radius 2 is 2.17 bits per heavy atom. The van der Waals surface area contributed by atoms with E-state index in [2.05, 4.69) is 27.8 Å². The second kappa shape index (κ2) is 8.19. The Morgan fingerprint density at radius 1 is 1.35 bits per heavy atom. The number of sulfone groups is 1. The van der Waals surface area contributed by atoms with E-state index in [9.17, 15) is 8.42 Å². The van der Waals surface area contributed by atoms with Crippen LogP contribution < -0.4 is 15.4 Å². The monoisotopic (exact) mass is 339 g/mol. The smallest absolute Gasteiger partial charge is 0.191 e. The molecule has 1 aromatic carbocycles. The summed E-state index contributed by atoms with van der Waals surface area (Å²) in [5, 5.41) is 6.36. The minimum Gasteiger partial charge on any atom is -0.493 e. The van der Waals surface area contributed by atoms with Crippen molar-refractivity contribution < 1.29 is 13.2 Å². The van der Waals surface area contributed by atoms with Gasteiger partial charge < -0.3 is 15.4 Å². The van der Waals surface area contributed by atoms with Crippen LogP contribution in [0.4, 0.5) is 0 Å². The van der Waals surface area contributed by atoms with Gasteiger partial charge in [0.15, 0.2) is 5.96 Å². The maximum atomic E-state index is 11.1. The fourth-order valence-electron chi connectivity index (χ4n) is 2.39. The Labute approximate surface area is 138 Å². The fraction of sp³-hybridized carbons (Fsp3) is 0.562. The Balaban J connectivity index is 1.82. The van der Waals surface area contributed by atoms with E-state index in [-0.39, 0.29) is 12.3 Å². The molecular formula is C16H25N3O3S. The molecule has 1 aliphatic heterocycles. The van der Waals surface area contributed by atoms with Crippen LogP contribution in [0.25, 0.3) is 0 Å². The maximum Gasteiger partial charge on any atom is 0.191 e. The van der Waals surface area contributed by atoms with E-state index in [1.165, 1.54) is 17.4 Å². The molecule has 7 heteroatoms. The van der Waals surface area contributed by atoms with E-state index < -0.39 is 9.84 Å². The zero-order chi connectivity index (χ0) is 16.7. The molecule has 0 atom stereocenters. The summed E-state index contributed by atoms with van der Waals surface area (Å²) in [6.07, 6.45) is 3.08. The Hall–Kier alpha value is -1.76. The van der Waals surface area contributed by atoms with Crippen LogP contribution >= 0.6 is 0 Å².